The minimum absolute atomic E-state index is 0.0291. The number of carbonyl (C=O) groups excluding carboxylic acids is 1. The van der Waals surface area contributed by atoms with Crippen molar-refractivity contribution in [1.29, 1.82) is 0 Å². The molecule has 4 N–H and O–H groups in total. The van der Waals surface area contributed by atoms with Crippen molar-refractivity contribution in [1.82, 2.24) is 20.6 Å². The number of nitrogens with one attached hydrogen (secondary N) is 2. The number of amides is 1. The summed E-state index contributed by atoms with van der Waals surface area (Å²) in [5.41, 5.74) is 0.280. The summed E-state index contributed by atoms with van der Waals surface area (Å²) in [6.45, 7) is 9.08. The van der Waals surface area contributed by atoms with Crippen molar-refractivity contribution in [3.63, 3.8) is 0 Å². The average Bonchev–Trinajstić information content (AvgIpc) is 3.57. The molecule has 2 aliphatic heterocycles. The quantitative estimate of drug-likeness (QED) is 0.315. The van der Waals surface area contributed by atoms with Gasteiger partial charge in [0, 0.05) is 50.3 Å². The third-order valence-corrected chi connectivity index (χ3v) is 13.9. The first-order valence-corrected chi connectivity index (χ1v) is 17.7. The lowest BCUT2D eigenvalue weighted by Crippen LogP contribution is -2.62. The van der Waals surface area contributed by atoms with Crippen LogP contribution in [0.15, 0.2) is 0 Å². The van der Waals surface area contributed by atoms with E-state index in [0.717, 1.165) is 25.7 Å². The van der Waals surface area contributed by atoms with Crippen molar-refractivity contribution in [2.24, 2.45) is 52.8 Å². The summed E-state index contributed by atoms with van der Waals surface area (Å²) in [5.74, 6) is -1.06. The van der Waals surface area contributed by atoms with E-state index >= 15 is 0 Å². The maximum absolute atomic E-state index is 14.2. The van der Waals surface area contributed by atoms with Gasteiger partial charge in [-0.2, -0.15) is 18.2 Å². The molecule has 46 heavy (non-hydrogen) atoms. The molecule has 12 heteroatoms. The van der Waals surface area contributed by atoms with Gasteiger partial charge in [-0.05, 0) is 87.5 Å². The Labute approximate surface area is 272 Å². The van der Waals surface area contributed by atoms with Gasteiger partial charge in [0.2, 0.25) is 5.91 Å². The fourth-order valence-corrected chi connectivity index (χ4v) is 11.2. The maximum atomic E-state index is 14.2. The second-order valence-corrected chi connectivity index (χ2v) is 16.4. The van der Waals surface area contributed by atoms with Crippen molar-refractivity contribution >= 4 is 5.91 Å². The monoisotopic (exact) mass is 658 g/mol. The minimum Gasteiger partial charge on any atom is -0.394 e. The molecular weight excluding hydrogens is 601 g/mol. The zero-order chi connectivity index (χ0) is 33.3. The van der Waals surface area contributed by atoms with Crippen LogP contribution in [0, 0.1) is 52.8 Å². The number of ether oxygens (including phenoxy) is 1. The standard InChI is InChI=1S/C34H57F3N4O5/c1-17-24-11-20(33(24,3)4)12-25(17)39-32(44)30-28(18(2)43)27(15-42)46-41(30)14-19-8-7-9-22(31(19)45-6)23-10-21(34(35,36)37)13-26-29(23)38-16-40(26)5/h17-31,38,42-43H,7-16H2,1-6H3,(H,39,44)/t17-,18-,19?,20+,21?,22?,23?,24-,25-,26?,27-,28-,29?,30-,31?/m0/s1. The Morgan fingerprint density at radius 3 is 2.52 bits per heavy atom. The van der Waals surface area contributed by atoms with Crippen molar-refractivity contribution in [3.8, 4) is 0 Å². The van der Waals surface area contributed by atoms with E-state index in [1.165, 1.54) is 6.42 Å². The number of rotatable bonds is 8. The smallest absolute Gasteiger partial charge is 0.391 e. The van der Waals surface area contributed by atoms with Gasteiger partial charge < -0.3 is 20.3 Å². The number of fused-ring (bicyclic) bond motifs is 3. The largest absolute Gasteiger partial charge is 0.394 e. The van der Waals surface area contributed by atoms with Gasteiger partial charge in [0.1, 0.15) is 12.1 Å². The number of aliphatic hydroxyl groups excluding tert-OH is 2. The predicted octanol–water partition coefficient (Wildman–Crippen LogP) is 3.40. The molecule has 0 radical (unpaired) electrons. The van der Waals surface area contributed by atoms with Gasteiger partial charge in [-0.3, -0.25) is 19.8 Å². The summed E-state index contributed by atoms with van der Waals surface area (Å²) in [4.78, 5) is 22.4. The molecule has 7 rings (SSSR count). The molecule has 1 amide bonds. The van der Waals surface area contributed by atoms with E-state index in [4.69, 9.17) is 9.57 Å². The average molecular weight is 659 g/mol. The summed E-state index contributed by atoms with van der Waals surface area (Å²) in [6.07, 6.45) is -1.43. The zero-order valence-electron chi connectivity index (χ0n) is 28.4. The molecule has 2 heterocycles. The lowest BCUT2D eigenvalue weighted by atomic mass is 9.45. The Morgan fingerprint density at radius 2 is 1.91 bits per heavy atom. The minimum atomic E-state index is -4.24. The molecule has 9 nitrogen and oxygen atoms in total. The molecule has 7 unspecified atom stereocenters. The number of hydroxylamine groups is 2. The van der Waals surface area contributed by atoms with E-state index in [1.54, 1.807) is 19.1 Å². The molecule has 264 valence electrons. The molecule has 7 fully saturated rings. The molecule has 0 aromatic carbocycles. The molecule has 0 spiro atoms. The summed E-state index contributed by atoms with van der Waals surface area (Å²) in [6, 6.07) is -0.960. The lowest BCUT2D eigenvalue weighted by molar-refractivity contribution is -0.202. The Kier molecular flexibility index (Phi) is 9.86. The number of halogens is 3. The fourth-order valence-electron chi connectivity index (χ4n) is 11.2. The van der Waals surface area contributed by atoms with E-state index in [2.05, 4.69) is 31.4 Å². The molecule has 5 saturated carbocycles. The molecule has 2 saturated heterocycles. The van der Waals surface area contributed by atoms with Gasteiger partial charge in [-0.1, -0.05) is 27.2 Å². The van der Waals surface area contributed by atoms with Crippen LogP contribution >= 0.6 is 0 Å². The Hall–Kier alpha value is -1.02. The highest BCUT2D eigenvalue weighted by Crippen LogP contribution is 2.61. The number of aliphatic hydroxyl groups is 2. The van der Waals surface area contributed by atoms with Gasteiger partial charge in [-0.15, -0.1) is 0 Å². The van der Waals surface area contributed by atoms with Crippen LogP contribution in [0.5, 0.6) is 0 Å². The van der Waals surface area contributed by atoms with Crippen LogP contribution < -0.4 is 10.6 Å². The first-order valence-electron chi connectivity index (χ1n) is 17.7. The number of hydrogen-bond donors (Lipinski definition) is 4. The number of hydrogen-bond acceptors (Lipinski definition) is 8. The van der Waals surface area contributed by atoms with Gasteiger partial charge in [-0.25, -0.2) is 0 Å². The van der Waals surface area contributed by atoms with Crippen LogP contribution in [-0.2, 0) is 14.4 Å². The molecule has 5 aliphatic carbocycles. The second-order valence-electron chi connectivity index (χ2n) is 16.4. The van der Waals surface area contributed by atoms with Crippen LogP contribution in [-0.4, -0.2) is 109 Å². The molecule has 7 aliphatic rings. The van der Waals surface area contributed by atoms with Crippen LogP contribution in [0.3, 0.4) is 0 Å². The van der Waals surface area contributed by atoms with E-state index in [9.17, 15) is 28.2 Å². The van der Waals surface area contributed by atoms with Crippen LogP contribution in [0.25, 0.3) is 0 Å². The number of likely N-dealkylation sites (N-methyl/N-ethyl adjacent to an activating group) is 1. The molecule has 0 aromatic rings. The summed E-state index contributed by atoms with van der Waals surface area (Å²) < 4.78 is 48.7. The van der Waals surface area contributed by atoms with Crippen molar-refractivity contribution in [2.75, 3.05) is 34.0 Å². The Morgan fingerprint density at radius 1 is 1.17 bits per heavy atom. The fraction of sp³-hybridized carbons (Fsp3) is 0.971. The number of carbonyl (C=O) groups is 1. The third kappa shape index (κ3) is 6.04. The summed E-state index contributed by atoms with van der Waals surface area (Å²) in [7, 11) is 3.54. The lowest BCUT2D eigenvalue weighted by Gasteiger charge is -2.62. The normalized spacial score (nSPS) is 46.8. The predicted molar refractivity (Wildman–Crippen MR) is 166 cm³/mol. The molecular formula is C34H57F3N4O5. The van der Waals surface area contributed by atoms with E-state index in [-0.39, 0.29) is 72.8 Å². The van der Waals surface area contributed by atoms with Gasteiger partial charge in [0.05, 0.1) is 24.7 Å². The van der Waals surface area contributed by atoms with Crippen molar-refractivity contribution in [2.45, 2.75) is 121 Å². The number of alkyl halides is 3. The molecule has 2 bridgehead atoms. The van der Waals surface area contributed by atoms with Crippen molar-refractivity contribution < 1.29 is 37.8 Å². The first-order chi connectivity index (χ1) is 21.7. The van der Waals surface area contributed by atoms with Crippen LogP contribution in [0.4, 0.5) is 13.2 Å². The molecule has 0 aromatic heterocycles. The highest BCUT2D eigenvalue weighted by Gasteiger charge is 2.58. The SMILES string of the molecule is COC1C(CN2O[C@@H](CO)[C@H]([C@H](C)O)[C@H]2C(=O)N[C@H]2C[C@H]3C[C@@H]([C@@H]2C)C3(C)C)CCCC1C1CC(C(F)(F)F)CC2C1NCN2C. The maximum Gasteiger partial charge on any atom is 0.391 e. The number of nitrogens with zero attached hydrogens (tertiary/aromatic N) is 2. The van der Waals surface area contributed by atoms with Gasteiger partial charge >= 0.3 is 6.18 Å². The third-order valence-electron chi connectivity index (χ3n) is 13.9. The topological polar surface area (TPSA) is 107 Å². The van der Waals surface area contributed by atoms with Gasteiger partial charge in [0.25, 0.3) is 0 Å². The highest BCUT2D eigenvalue weighted by atomic mass is 19.4. The highest BCUT2D eigenvalue weighted by molar-refractivity contribution is 5.82. The second kappa shape index (κ2) is 13.0. The van der Waals surface area contributed by atoms with Crippen LogP contribution in [0.2, 0.25) is 0 Å². The molecule has 15 atom stereocenters. The Bertz CT molecular complexity index is 1100. The summed E-state index contributed by atoms with van der Waals surface area (Å²) >= 11 is 0. The van der Waals surface area contributed by atoms with Gasteiger partial charge in [0.15, 0.2) is 0 Å². The van der Waals surface area contributed by atoms with Crippen LogP contribution in [0.1, 0.15) is 72.6 Å². The number of methoxy groups -OCH3 is 1. The summed E-state index contributed by atoms with van der Waals surface area (Å²) in [5, 5.41) is 29.6. The first kappa shape index (κ1) is 34.8. The van der Waals surface area contributed by atoms with E-state index in [0.29, 0.717) is 31.0 Å². The van der Waals surface area contributed by atoms with Crippen molar-refractivity contribution in [3.05, 3.63) is 0 Å². The zero-order valence-corrected chi connectivity index (χ0v) is 28.4. The van der Waals surface area contributed by atoms with E-state index in [1.807, 2.05) is 11.9 Å². The Balaban J connectivity index is 1.21. The van der Waals surface area contributed by atoms with E-state index < -0.39 is 36.3 Å².